The van der Waals surface area contributed by atoms with Gasteiger partial charge in [-0.1, -0.05) is 18.2 Å². The molecule has 2 heterocycles. The molecule has 0 aromatic heterocycles. The molecule has 13 heteroatoms. The molecule has 2 aliphatic rings. The van der Waals surface area contributed by atoms with Crippen molar-refractivity contribution in [2.75, 3.05) is 33.2 Å². The minimum absolute atomic E-state index is 0.0293. The molecule has 2 aliphatic heterocycles. The maximum absolute atomic E-state index is 12.6. The molecule has 0 saturated heterocycles. The van der Waals surface area contributed by atoms with Crippen molar-refractivity contribution in [2.24, 2.45) is 9.39 Å². The van der Waals surface area contributed by atoms with Crippen LogP contribution in [0.5, 0.6) is 23.0 Å². The number of fused-ring (bicyclic) bond motifs is 1. The van der Waals surface area contributed by atoms with Crippen molar-refractivity contribution < 1.29 is 32.2 Å². The van der Waals surface area contributed by atoms with E-state index in [-0.39, 0.29) is 35.0 Å². The van der Waals surface area contributed by atoms with E-state index in [1.165, 1.54) is 6.08 Å². The van der Waals surface area contributed by atoms with Gasteiger partial charge >= 0.3 is 0 Å². The van der Waals surface area contributed by atoms with Crippen LogP contribution in [0.2, 0.25) is 0 Å². The molecule has 194 valence electrons. The summed E-state index contributed by atoms with van der Waals surface area (Å²) in [5, 5.41) is 8.16. The Kier molecular flexibility index (Phi) is 7.83. The number of nitrogens with zero attached hydrogens (tertiary/aromatic N) is 3. The predicted molar refractivity (Wildman–Crippen MR) is 141 cm³/mol. The van der Waals surface area contributed by atoms with Crippen LogP contribution in [0.15, 0.2) is 57.4 Å². The second-order valence-corrected chi connectivity index (χ2v) is 10.3. The van der Waals surface area contributed by atoms with Crippen LogP contribution >= 0.6 is 11.9 Å². The van der Waals surface area contributed by atoms with E-state index in [1.807, 2.05) is 19.1 Å². The number of aliphatic imine (C=N–C) groups is 1. The highest BCUT2D eigenvalue weighted by Crippen LogP contribution is 2.32. The standard InChI is InChI=1S/C24H24N4O7S2/c1-4-33-20-14-15(9-10-19(20)35-12-11-34-18-8-6-5-7-17(18)32-2)13-16-21(25)28-23(26-22(16)29)36-27-24(28)37(3,30)31/h5-10,13-14,25H,4,11-12H2,1-3H3. The summed E-state index contributed by atoms with van der Waals surface area (Å²) in [5.41, 5.74) is 0.460. The molecule has 4 rings (SSSR count). The van der Waals surface area contributed by atoms with Crippen molar-refractivity contribution in [1.29, 1.82) is 5.41 Å². The molecule has 1 amide bonds. The normalized spacial score (nSPS) is 16.3. The molecule has 0 radical (unpaired) electrons. The number of amides is 1. The number of carbonyl (C=O) groups excluding carboxylic acids is 1. The van der Waals surface area contributed by atoms with Crippen LogP contribution in [0.1, 0.15) is 12.5 Å². The zero-order valence-corrected chi connectivity index (χ0v) is 21.9. The highest BCUT2D eigenvalue weighted by molar-refractivity contribution is 8.16. The molecule has 0 atom stereocenters. The van der Waals surface area contributed by atoms with E-state index in [1.54, 1.807) is 37.4 Å². The summed E-state index contributed by atoms with van der Waals surface area (Å²) in [6.45, 7) is 2.70. The molecular formula is C24H24N4O7S2. The monoisotopic (exact) mass is 544 g/mol. The smallest absolute Gasteiger partial charge is 0.283 e. The zero-order valence-electron chi connectivity index (χ0n) is 20.3. The lowest BCUT2D eigenvalue weighted by molar-refractivity contribution is -0.114. The minimum atomic E-state index is -3.73. The Labute approximate surface area is 218 Å². The number of amidine groups is 3. The Bertz CT molecular complexity index is 1430. The molecule has 2 aromatic rings. The average Bonchev–Trinajstić information content (AvgIpc) is 3.30. The van der Waals surface area contributed by atoms with Gasteiger partial charge in [0.05, 0.1) is 31.2 Å². The quantitative estimate of drug-likeness (QED) is 0.286. The van der Waals surface area contributed by atoms with Crippen LogP contribution in [0.4, 0.5) is 0 Å². The van der Waals surface area contributed by atoms with Gasteiger partial charge in [-0.3, -0.25) is 10.2 Å². The molecule has 0 spiro atoms. The van der Waals surface area contributed by atoms with Crippen molar-refractivity contribution in [3.63, 3.8) is 0 Å². The average molecular weight is 545 g/mol. The Morgan fingerprint density at radius 2 is 1.70 bits per heavy atom. The maximum Gasteiger partial charge on any atom is 0.283 e. The largest absolute Gasteiger partial charge is 0.493 e. The summed E-state index contributed by atoms with van der Waals surface area (Å²) in [5.74, 6) is 1.14. The van der Waals surface area contributed by atoms with Gasteiger partial charge in [0.25, 0.3) is 5.91 Å². The molecule has 1 N–H and O–H groups in total. The van der Waals surface area contributed by atoms with Crippen LogP contribution in [-0.4, -0.2) is 68.6 Å². The van der Waals surface area contributed by atoms with Crippen molar-refractivity contribution in [2.45, 2.75) is 6.92 Å². The number of carbonyl (C=O) groups is 1. The van der Waals surface area contributed by atoms with Gasteiger partial charge in [-0.05, 0) is 42.8 Å². The molecule has 0 fully saturated rings. The topological polar surface area (TPSA) is 140 Å². The first-order valence-electron chi connectivity index (χ1n) is 11.1. The number of sulfone groups is 1. The van der Waals surface area contributed by atoms with Gasteiger partial charge in [-0.15, -0.1) is 0 Å². The predicted octanol–water partition coefficient (Wildman–Crippen LogP) is 3.17. The zero-order chi connectivity index (χ0) is 26.6. The van der Waals surface area contributed by atoms with E-state index in [0.717, 1.165) is 23.1 Å². The Balaban J connectivity index is 1.50. The van der Waals surface area contributed by atoms with Gasteiger partial charge in [0.2, 0.25) is 20.2 Å². The number of benzene rings is 2. The molecular weight excluding hydrogens is 520 g/mol. The number of hydrogen-bond acceptors (Lipinski definition) is 10. The Morgan fingerprint density at radius 1 is 1.03 bits per heavy atom. The third-order valence-corrected chi connectivity index (χ3v) is 6.83. The number of para-hydroxylation sites is 2. The molecule has 2 aromatic carbocycles. The number of ether oxygens (including phenoxy) is 4. The van der Waals surface area contributed by atoms with Crippen LogP contribution < -0.4 is 18.9 Å². The summed E-state index contributed by atoms with van der Waals surface area (Å²) < 4.78 is 50.5. The highest BCUT2D eigenvalue weighted by Gasteiger charge is 2.41. The fourth-order valence-corrected chi connectivity index (χ4v) is 5.29. The highest BCUT2D eigenvalue weighted by atomic mass is 32.2. The summed E-state index contributed by atoms with van der Waals surface area (Å²) in [4.78, 5) is 17.6. The van der Waals surface area contributed by atoms with Crippen LogP contribution in [0.25, 0.3) is 6.08 Å². The Morgan fingerprint density at radius 3 is 2.35 bits per heavy atom. The minimum Gasteiger partial charge on any atom is -0.493 e. The fourth-order valence-electron chi connectivity index (χ4n) is 3.45. The third kappa shape index (κ3) is 5.78. The SMILES string of the molecule is CCOc1cc(C=C2C(=N)N3C(=NC2=O)SN=C3S(C)(=O)=O)ccc1OCCOc1ccccc1OC. The lowest BCUT2D eigenvalue weighted by Crippen LogP contribution is -2.45. The second kappa shape index (κ2) is 11.0. The lowest BCUT2D eigenvalue weighted by Gasteiger charge is -2.23. The number of methoxy groups -OCH3 is 1. The van der Waals surface area contributed by atoms with Crippen LogP contribution in [0.3, 0.4) is 0 Å². The molecule has 37 heavy (non-hydrogen) atoms. The Hall–Kier alpha value is -3.84. The van der Waals surface area contributed by atoms with E-state index >= 15 is 0 Å². The first-order chi connectivity index (χ1) is 17.7. The summed E-state index contributed by atoms with van der Waals surface area (Å²) in [6.07, 6.45) is 2.43. The van der Waals surface area contributed by atoms with Gasteiger partial charge < -0.3 is 18.9 Å². The van der Waals surface area contributed by atoms with Gasteiger partial charge in [0.15, 0.2) is 23.0 Å². The van der Waals surface area contributed by atoms with Crippen LogP contribution in [0, 0.1) is 5.41 Å². The first-order valence-corrected chi connectivity index (χ1v) is 13.7. The van der Waals surface area contributed by atoms with Crippen molar-refractivity contribution in [1.82, 2.24) is 4.90 Å². The number of nitrogens with one attached hydrogen (secondary N) is 1. The van der Waals surface area contributed by atoms with Gasteiger partial charge in [0, 0.05) is 6.26 Å². The van der Waals surface area contributed by atoms with Crippen LogP contribution in [-0.2, 0) is 14.6 Å². The molecule has 0 saturated carbocycles. The lowest BCUT2D eigenvalue weighted by atomic mass is 10.1. The molecule has 0 unspecified atom stereocenters. The van der Waals surface area contributed by atoms with Gasteiger partial charge in [-0.25, -0.2) is 13.3 Å². The first kappa shape index (κ1) is 26.2. The van der Waals surface area contributed by atoms with E-state index in [0.29, 0.717) is 35.2 Å². The van der Waals surface area contributed by atoms with Crippen molar-refractivity contribution in [3.8, 4) is 23.0 Å². The molecule has 11 nitrogen and oxygen atoms in total. The fraction of sp³-hybridized carbons (Fsp3) is 0.250. The summed E-state index contributed by atoms with van der Waals surface area (Å²) >= 11 is 0.740. The third-order valence-electron chi connectivity index (χ3n) is 5.07. The van der Waals surface area contributed by atoms with E-state index in [2.05, 4.69) is 9.39 Å². The van der Waals surface area contributed by atoms with E-state index < -0.39 is 15.7 Å². The molecule has 0 aliphatic carbocycles. The van der Waals surface area contributed by atoms with E-state index in [4.69, 9.17) is 24.4 Å². The number of hydrogen-bond donors (Lipinski definition) is 1. The summed E-state index contributed by atoms with van der Waals surface area (Å²) in [7, 11) is -2.16. The second-order valence-electron chi connectivity index (χ2n) is 7.67. The van der Waals surface area contributed by atoms with Gasteiger partial charge in [-0.2, -0.15) is 9.39 Å². The van der Waals surface area contributed by atoms with E-state index in [9.17, 15) is 13.2 Å². The van der Waals surface area contributed by atoms with Gasteiger partial charge in [0.1, 0.15) is 19.0 Å². The summed E-state index contributed by atoms with van der Waals surface area (Å²) in [6, 6.07) is 12.3. The maximum atomic E-state index is 12.6. The van der Waals surface area contributed by atoms with Crippen molar-refractivity contribution in [3.05, 3.63) is 53.6 Å². The molecule has 0 bridgehead atoms. The van der Waals surface area contributed by atoms with Crippen molar-refractivity contribution >= 4 is 49.9 Å². The number of rotatable bonds is 9.